The highest BCUT2D eigenvalue weighted by Gasteiger charge is 2.32. The van der Waals surface area contributed by atoms with Gasteiger partial charge < -0.3 is 19.5 Å². The highest BCUT2D eigenvalue weighted by atomic mass is 19.4. The number of aryl methyl sites for hydroxylation is 1. The maximum absolute atomic E-state index is 12.7. The number of rotatable bonds is 9. The fourth-order valence-corrected chi connectivity index (χ4v) is 3.45. The molecule has 0 saturated heterocycles. The Labute approximate surface area is 202 Å². The van der Waals surface area contributed by atoms with Crippen molar-refractivity contribution >= 4 is 11.6 Å². The minimum Gasteiger partial charge on any atom is -0.453 e. The van der Waals surface area contributed by atoms with Crippen LogP contribution in [0, 0.1) is 6.92 Å². The van der Waals surface area contributed by atoms with Crippen LogP contribution in [0.2, 0.25) is 0 Å². The number of hydrogen-bond acceptors (Lipinski definition) is 5. The lowest BCUT2D eigenvalue weighted by molar-refractivity contribution is -0.275. The Kier molecular flexibility index (Phi) is 8.34. The van der Waals surface area contributed by atoms with Gasteiger partial charge in [-0.2, -0.15) is 0 Å². The Morgan fingerprint density at radius 1 is 0.971 bits per heavy atom. The van der Waals surface area contributed by atoms with Crippen LogP contribution >= 0.6 is 0 Å². The smallest absolute Gasteiger partial charge is 0.453 e. The number of pyridine rings is 1. The summed E-state index contributed by atoms with van der Waals surface area (Å²) in [6, 6.07) is 15.2. The van der Waals surface area contributed by atoms with Crippen LogP contribution in [0.15, 0.2) is 60.7 Å². The minimum atomic E-state index is -4.83. The zero-order valence-corrected chi connectivity index (χ0v) is 19.8. The van der Waals surface area contributed by atoms with Crippen molar-refractivity contribution in [2.24, 2.45) is 0 Å². The van der Waals surface area contributed by atoms with Gasteiger partial charge in [0, 0.05) is 17.8 Å². The van der Waals surface area contributed by atoms with Crippen LogP contribution in [0.4, 0.5) is 18.9 Å². The molecule has 1 N–H and O–H groups in total. The first-order valence-corrected chi connectivity index (χ1v) is 11.1. The largest absolute Gasteiger partial charge is 0.573 e. The first-order chi connectivity index (χ1) is 16.5. The molecular formula is C26H27F3N2O4. The Balaban J connectivity index is 1.64. The molecule has 186 valence electrons. The number of alkyl halides is 3. The van der Waals surface area contributed by atoms with Crippen molar-refractivity contribution < 1.29 is 32.2 Å². The number of amides is 1. The molecule has 2 aromatic carbocycles. The number of nitrogens with zero attached hydrogens (tertiary/aromatic N) is 1. The number of halogens is 3. The number of hydrogen-bond donors (Lipinski definition) is 1. The van der Waals surface area contributed by atoms with Gasteiger partial charge in [-0.3, -0.25) is 9.78 Å². The van der Waals surface area contributed by atoms with Gasteiger partial charge in [0.15, 0.2) is 11.5 Å². The number of anilines is 1. The van der Waals surface area contributed by atoms with Crippen LogP contribution < -0.4 is 14.8 Å². The average Bonchev–Trinajstić information content (AvgIpc) is 2.75. The van der Waals surface area contributed by atoms with E-state index in [-0.39, 0.29) is 29.6 Å². The number of carbonyl (C=O) groups is 1. The van der Waals surface area contributed by atoms with Gasteiger partial charge in [0.1, 0.15) is 5.75 Å². The summed E-state index contributed by atoms with van der Waals surface area (Å²) in [4.78, 5) is 17.3. The Morgan fingerprint density at radius 2 is 1.63 bits per heavy atom. The fourth-order valence-electron chi connectivity index (χ4n) is 3.45. The van der Waals surface area contributed by atoms with E-state index in [4.69, 9.17) is 9.47 Å². The van der Waals surface area contributed by atoms with E-state index in [2.05, 4.69) is 15.0 Å². The molecule has 0 saturated carbocycles. The molecule has 35 heavy (non-hydrogen) atoms. The lowest BCUT2D eigenvalue weighted by atomic mass is 10.1. The van der Waals surface area contributed by atoms with Crippen LogP contribution in [-0.4, -0.2) is 29.5 Å². The zero-order valence-electron chi connectivity index (χ0n) is 19.8. The van der Waals surface area contributed by atoms with E-state index in [1.807, 2.05) is 20.8 Å². The summed E-state index contributed by atoms with van der Waals surface area (Å²) in [5.74, 6) is -0.586. The molecule has 1 aromatic heterocycles. The van der Waals surface area contributed by atoms with Crippen molar-refractivity contribution in [3.05, 3.63) is 77.6 Å². The van der Waals surface area contributed by atoms with E-state index in [0.717, 1.165) is 11.8 Å². The molecule has 1 unspecified atom stereocenters. The van der Waals surface area contributed by atoms with Crippen molar-refractivity contribution in [1.29, 1.82) is 0 Å². The SMILES string of the molecule is Cc1nc(CC(C)OC(C)C)ccc1C(=O)Nc1ccc(Oc2ccccc2OC(F)(F)F)cc1. The lowest BCUT2D eigenvalue weighted by Gasteiger charge is -2.16. The molecular weight excluding hydrogens is 461 g/mol. The minimum absolute atomic E-state index is 0.00861. The molecule has 6 nitrogen and oxygen atoms in total. The van der Waals surface area contributed by atoms with Crippen LogP contribution in [0.5, 0.6) is 17.2 Å². The predicted octanol–water partition coefficient (Wildman–Crippen LogP) is 6.69. The van der Waals surface area contributed by atoms with Gasteiger partial charge >= 0.3 is 6.36 Å². The highest BCUT2D eigenvalue weighted by molar-refractivity contribution is 6.05. The fraction of sp³-hybridized carbons (Fsp3) is 0.308. The maximum Gasteiger partial charge on any atom is 0.573 e. The Bertz CT molecular complexity index is 1150. The van der Waals surface area contributed by atoms with Crippen molar-refractivity contribution in [3.63, 3.8) is 0 Å². The summed E-state index contributed by atoms with van der Waals surface area (Å²) in [6.07, 6.45) is -4.07. The third-order valence-electron chi connectivity index (χ3n) is 4.80. The van der Waals surface area contributed by atoms with Crippen molar-refractivity contribution in [1.82, 2.24) is 4.98 Å². The van der Waals surface area contributed by atoms with Gasteiger partial charge in [0.2, 0.25) is 0 Å². The first kappa shape index (κ1) is 26.0. The molecule has 3 rings (SSSR count). The van der Waals surface area contributed by atoms with Gasteiger partial charge in [-0.05, 0) is 76.2 Å². The molecule has 0 spiro atoms. The summed E-state index contributed by atoms with van der Waals surface area (Å²) in [7, 11) is 0. The van der Waals surface area contributed by atoms with E-state index >= 15 is 0 Å². The average molecular weight is 489 g/mol. The molecule has 1 atom stereocenters. The number of benzene rings is 2. The quantitative estimate of drug-likeness (QED) is 0.363. The molecule has 0 aliphatic heterocycles. The zero-order chi connectivity index (χ0) is 25.6. The molecule has 0 aliphatic carbocycles. The van der Waals surface area contributed by atoms with E-state index in [1.165, 1.54) is 30.3 Å². The van der Waals surface area contributed by atoms with Gasteiger partial charge in [0.25, 0.3) is 5.91 Å². The van der Waals surface area contributed by atoms with Crippen LogP contribution in [0.3, 0.4) is 0 Å². The molecule has 0 fully saturated rings. The number of nitrogens with one attached hydrogen (secondary N) is 1. The van der Waals surface area contributed by atoms with Gasteiger partial charge in [-0.25, -0.2) is 0 Å². The van der Waals surface area contributed by atoms with E-state index in [0.29, 0.717) is 23.4 Å². The van der Waals surface area contributed by atoms with Crippen LogP contribution in [0.1, 0.15) is 42.5 Å². The summed E-state index contributed by atoms with van der Waals surface area (Å²) < 4.78 is 53.1. The number of carbonyl (C=O) groups excluding carboxylic acids is 1. The summed E-state index contributed by atoms with van der Waals surface area (Å²) in [5, 5.41) is 2.79. The normalized spacial score (nSPS) is 12.3. The number of para-hydroxylation sites is 2. The van der Waals surface area contributed by atoms with E-state index in [1.54, 1.807) is 31.2 Å². The lowest BCUT2D eigenvalue weighted by Crippen LogP contribution is -2.18. The predicted molar refractivity (Wildman–Crippen MR) is 126 cm³/mol. The molecule has 0 bridgehead atoms. The number of ether oxygens (including phenoxy) is 3. The van der Waals surface area contributed by atoms with Gasteiger partial charge in [-0.15, -0.1) is 13.2 Å². The number of aromatic nitrogens is 1. The van der Waals surface area contributed by atoms with Crippen molar-refractivity contribution in [3.8, 4) is 17.2 Å². The Hall–Kier alpha value is -3.59. The second-order valence-corrected chi connectivity index (χ2v) is 8.21. The van der Waals surface area contributed by atoms with E-state index in [9.17, 15) is 18.0 Å². The third-order valence-corrected chi connectivity index (χ3v) is 4.80. The second-order valence-electron chi connectivity index (χ2n) is 8.21. The highest BCUT2D eigenvalue weighted by Crippen LogP contribution is 2.35. The maximum atomic E-state index is 12.7. The van der Waals surface area contributed by atoms with Crippen LogP contribution in [-0.2, 0) is 11.2 Å². The standard InChI is InChI=1S/C26H27F3N2O4/c1-16(2)33-17(3)15-20-11-14-22(18(4)30-20)25(32)31-19-9-12-21(13-10-19)34-23-7-5-6-8-24(23)35-26(27,28)29/h5-14,16-17H,15H2,1-4H3,(H,31,32). The first-order valence-electron chi connectivity index (χ1n) is 11.1. The third kappa shape index (κ3) is 7.99. The Morgan fingerprint density at radius 3 is 2.23 bits per heavy atom. The van der Waals surface area contributed by atoms with E-state index < -0.39 is 12.1 Å². The van der Waals surface area contributed by atoms with Crippen molar-refractivity contribution in [2.75, 3.05) is 5.32 Å². The topological polar surface area (TPSA) is 69.7 Å². The molecule has 9 heteroatoms. The molecule has 0 aliphatic rings. The summed E-state index contributed by atoms with van der Waals surface area (Å²) >= 11 is 0. The van der Waals surface area contributed by atoms with Gasteiger partial charge in [-0.1, -0.05) is 12.1 Å². The van der Waals surface area contributed by atoms with Crippen LogP contribution in [0.25, 0.3) is 0 Å². The van der Waals surface area contributed by atoms with Gasteiger partial charge in [0.05, 0.1) is 23.5 Å². The monoisotopic (exact) mass is 488 g/mol. The molecule has 1 amide bonds. The summed E-state index contributed by atoms with van der Waals surface area (Å²) in [5.41, 5.74) is 2.36. The van der Waals surface area contributed by atoms with Crippen molar-refractivity contribution in [2.45, 2.75) is 52.7 Å². The molecule has 0 radical (unpaired) electrons. The second kappa shape index (κ2) is 11.2. The molecule has 1 heterocycles. The molecule has 3 aromatic rings. The summed E-state index contributed by atoms with van der Waals surface area (Å²) in [6.45, 7) is 7.70.